The molecule has 0 saturated carbocycles. The molecule has 16 heteroatoms. The number of hydrogen-bond acceptors (Lipinski definition) is 16. The van der Waals surface area contributed by atoms with Gasteiger partial charge in [0, 0.05) is 24.3 Å². The molecule has 85 heavy (non-hydrogen) atoms. The fourth-order valence-corrected chi connectivity index (χ4v) is 9.31. The maximum absolute atomic E-state index is 14.4. The Labute approximate surface area is 507 Å². The molecule has 0 saturated heterocycles. The van der Waals surface area contributed by atoms with Crippen molar-refractivity contribution in [2.75, 3.05) is 81.3 Å². The van der Waals surface area contributed by atoms with Gasteiger partial charge in [0.15, 0.2) is 0 Å². The van der Waals surface area contributed by atoms with Gasteiger partial charge in [-0.05, 0) is 74.2 Å². The SMILES string of the molecule is CCCCCCCCOc1cc(OC)cc(C(=O)OCC(COC(=O)c2cc(OC)cc(OCCCCCCCC)c2)(COC(=O)c2cc(OC)cc(OCCCCCCCC)c2)COC(=O)c2cc(OC)cc(OCCCCCCCC)c2)c1. The van der Waals surface area contributed by atoms with E-state index in [9.17, 15) is 19.2 Å². The Morgan fingerprint density at radius 1 is 0.271 bits per heavy atom. The van der Waals surface area contributed by atoms with Crippen molar-refractivity contribution in [1.29, 1.82) is 0 Å². The van der Waals surface area contributed by atoms with E-state index in [0.717, 1.165) is 128 Å². The molecule has 0 aromatic heterocycles. The molecule has 0 spiro atoms. The van der Waals surface area contributed by atoms with Gasteiger partial charge < -0.3 is 56.8 Å². The number of esters is 4. The van der Waals surface area contributed by atoms with E-state index < -0.39 is 55.7 Å². The van der Waals surface area contributed by atoms with Crippen LogP contribution in [0.1, 0.15) is 223 Å². The zero-order valence-corrected chi connectivity index (χ0v) is 52.6. The molecule has 0 N–H and O–H groups in total. The van der Waals surface area contributed by atoms with Crippen LogP contribution in [0.3, 0.4) is 0 Å². The molecule has 4 aromatic rings. The van der Waals surface area contributed by atoms with Gasteiger partial charge in [-0.3, -0.25) is 0 Å². The van der Waals surface area contributed by atoms with Crippen LogP contribution < -0.4 is 37.9 Å². The molecule has 472 valence electrons. The summed E-state index contributed by atoms with van der Waals surface area (Å²) < 4.78 is 71.2. The molecule has 4 aromatic carbocycles. The smallest absolute Gasteiger partial charge is 0.338 e. The van der Waals surface area contributed by atoms with E-state index in [1.165, 1.54) is 78.4 Å². The molecule has 0 aliphatic heterocycles. The second kappa shape index (κ2) is 42.1. The molecule has 0 atom stereocenters. The Morgan fingerprint density at radius 2 is 0.459 bits per heavy atom. The lowest BCUT2D eigenvalue weighted by Gasteiger charge is -2.31. The average Bonchev–Trinajstić information content (AvgIpc) is 3.68. The van der Waals surface area contributed by atoms with E-state index in [2.05, 4.69) is 27.7 Å². The zero-order valence-electron chi connectivity index (χ0n) is 52.6. The highest BCUT2D eigenvalue weighted by Crippen LogP contribution is 2.31. The standard InChI is InChI=1S/C69H100O16/c1-9-13-17-21-25-29-33-78-61-41-53(37-57(45-61)74-5)65(70)82-49-69(50-83-66(71)54-38-58(75-6)46-62(42-54)79-34-30-26-22-18-14-10-2,51-84-67(72)55-39-59(76-7)47-63(43-55)80-35-31-27-23-19-15-11-3)52-85-68(73)56-40-60(77-8)48-64(44-56)81-36-32-28-24-20-16-12-4/h37-48H,9-36,49-52H2,1-8H3. The summed E-state index contributed by atoms with van der Waals surface area (Å²) in [6.45, 7) is 8.07. The number of benzene rings is 4. The fourth-order valence-electron chi connectivity index (χ4n) is 9.31. The van der Waals surface area contributed by atoms with Crippen LogP contribution >= 0.6 is 0 Å². The minimum atomic E-state index is -1.76. The zero-order chi connectivity index (χ0) is 61.3. The van der Waals surface area contributed by atoms with Crippen LogP contribution in [0.15, 0.2) is 72.8 Å². The first-order valence-corrected chi connectivity index (χ1v) is 31.4. The van der Waals surface area contributed by atoms with Gasteiger partial charge in [-0.2, -0.15) is 0 Å². The molecule has 0 radical (unpaired) electrons. The lowest BCUT2D eigenvalue weighted by molar-refractivity contribution is -0.0642. The summed E-state index contributed by atoms with van der Waals surface area (Å²) in [6, 6.07) is 19.0. The molecular weight excluding hydrogens is 1080 g/mol. The molecule has 16 nitrogen and oxygen atoms in total. The normalized spacial score (nSPS) is 11.1. The predicted molar refractivity (Wildman–Crippen MR) is 331 cm³/mol. The third kappa shape index (κ3) is 27.8. The van der Waals surface area contributed by atoms with Gasteiger partial charge in [0.05, 0.1) is 77.1 Å². The molecule has 0 heterocycles. The fraction of sp³-hybridized carbons (Fsp3) is 0.594. The Kier molecular flexibility index (Phi) is 35.0. The van der Waals surface area contributed by atoms with E-state index >= 15 is 0 Å². The highest BCUT2D eigenvalue weighted by molar-refractivity contribution is 5.92. The van der Waals surface area contributed by atoms with Crippen LogP contribution in [0.4, 0.5) is 0 Å². The van der Waals surface area contributed by atoms with Crippen molar-refractivity contribution in [2.24, 2.45) is 5.41 Å². The van der Waals surface area contributed by atoms with Gasteiger partial charge in [0.1, 0.15) is 77.8 Å². The van der Waals surface area contributed by atoms with E-state index in [1.807, 2.05) is 0 Å². The number of rotatable bonds is 48. The van der Waals surface area contributed by atoms with E-state index in [1.54, 1.807) is 48.5 Å². The lowest BCUT2D eigenvalue weighted by atomic mass is 9.92. The summed E-state index contributed by atoms with van der Waals surface area (Å²) >= 11 is 0. The van der Waals surface area contributed by atoms with Crippen LogP contribution in [0.2, 0.25) is 0 Å². The average molecular weight is 1190 g/mol. The maximum Gasteiger partial charge on any atom is 0.338 e. The summed E-state index contributed by atoms with van der Waals surface area (Å²) in [4.78, 5) is 57.5. The molecule has 0 unspecified atom stereocenters. The summed E-state index contributed by atoms with van der Waals surface area (Å²) in [6.07, 6.45) is 25.7. The Balaban J connectivity index is 1.73. The van der Waals surface area contributed by atoms with Gasteiger partial charge in [0.25, 0.3) is 0 Å². The quantitative estimate of drug-likeness (QED) is 0.0231. The number of carbonyl (C=O) groups excluding carboxylic acids is 4. The minimum absolute atomic E-state index is 0.0942. The summed E-state index contributed by atoms with van der Waals surface area (Å²) in [7, 11) is 5.93. The number of hydrogen-bond donors (Lipinski definition) is 0. The van der Waals surface area contributed by atoms with Crippen LogP contribution in [0.5, 0.6) is 46.0 Å². The van der Waals surface area contributed by atoms with Crippen LogP contribution in [0, 0.1) is 5.41 Å². The molecular formula is C69H100O16. The Bertz CT molecular complexity index is 2190. The Hall–Kier alpha value is -6.84. The highest BCUT2D eigenvalue weighted by atomic mass is 16.6. The van der Waals surface area contributed by atoms with Crippen molar-refractivity contribution in [3.05, 3.63) is 95.1 Å². The minimum Gasteiger partial charge on any atom is -0.497 e. The molecule has 0 bridgehead atoms. The van der Waals surface area contributed by atoms with Crippen molar-refractivity contribution < 1.29 is 76.0 Å². The second-order valence-corrected chi connectivity index (χ2v) is 21.9. The lowest BCUT2D eigenvalue weighted by Crippen LogP contribution is -2.44. The largest absolute Gasteiger partial charge is 0.497 e. The topological polar surface area (TPSA) is 179 Å². The monoisotopic (exact) mass is 1180 g/mol. The third-order valence-electron chi connectivity index (χ3n) is 14.5. The van der Waals surface area contributed by atoms with Crippen molar-refractivity contribution >= 4 is 23.9 Å². The first-order valence-electron chi connectivity index (χ1n) is 31.4. The summed E-state index contributed by atoms with van der Waals surface area (Å²) in [5.74, 6) is -0.216. The molecule has 0 fully saturated rings. The molecule has 4 rings (SSSR count). The summed E-state index contributed by atoms with van der Waals surface area (Å²) in [5, 5.41) is 0. The van der Waals surface area contributed by atoms with Crippen molar-refractivity contribution in [3.8, 4) is 46.0 Å². The summed E-state index contributed by atoms with van der Waals surface area (Å²) in [5.41, 5.74) is -1.38. The first-order chi connectivity index (χ1) is 41.4. The number of unbranched alkanes of at least 4 members (excludes halogenated alkanes) is 20. The van der Waals surface area contributed by atoms with Gasteiger partial charge in [0.2, 0.25) is 0 Å². The van der Waals surface area contributed by atoms with Gasteiger partial charge in [-0.25, -0.2) is 19.2 Å². The van der Waals surface area contributed by atoms with Crippen molar-refractivity contribution in [2.45, 2.75) is 182 Å². The molecule has 0 aliphatic rings. The van der Waals surface area contributed by atoms with E-state index in [-0.39, 0.29) is 22.3 Å². The number of carbonyl (C=O) groups is 4. The van der Waals surface area contributed by atoms with Gasteiger partial charge in [-0.1, -0.05) is 156 Å². The third-order valence-corrected chi connectivity index (χ3v) is 14.5. The predicted octanol–water partition coefficient (Wildman–Crippen LogP) is 16.4. The van der Waals surface area contributed by atoms with Crippen molar-refractivity contribution in [3.63, 3.8) is 0 Å². The highest BCUT2D eigenvalue weighted by Gasteiger charge is 2.39. The van der Waals surface area contributed by atoms with E-state index in [4.69, 9.17) is 56.8 Å². The molecule has 0 amide bonds. The van der Waals surface area contributed by atoms with Gasteiger partial charge in [-0.15, -0.1) is 0 Å². The second-order valence-electron chi connectivity index (χ2n) is 21.9. The van der Waals surface area contributed by atoms with Crippen molar-refractivity contribution in [1.82, 2.24) is 0 Å². The first kappa shape index (κ1) is 70.6. The van der Waals surface area contributed by atoms with Crippen LogP contribution in [-0.2, 0) is 18.9 Å². The number of ether oxygens (including phenoxy) is 12. The number of methoxy groups -OCH3 is 4. The van der Waals surface area contributed by atoms with Gasteiger partial charge >= 0.3 is 23.9 Å². The maximum atomic E-state index is 14.4. The Morgan fingerprint density at radius 3 is 0.659 bits per heavy atom. The molecule has 0 aliphatic carbocycles. The van der Waals surface area contributed by atoms with E-state index in [0.29, 0.717) is 72.4 Å². The van der Waals surface area contributed by atoms with Crippen LogP contribution in [-0.4, -0.2) is 105 Å². The van der Waals surface area contributed by atoms with Crippen LogP contribution in [0.25, 0.3) is 0 Å².